The van der Waals surface area contributed by atoms with Crippen LogP contribution in [0.4, 0.5) is 22.7 Å². The molecule has 156 valence electrons. The summed E-state index contributed by atoms with van der Waals surface area (Å²) >= 11 is 0. The van der Waals surface area contributed by atoms with Crippen LogP contribution in [0.2, 0.25) is 0 Å². The molecular weight excluding hydrogens is 388 g/mol. The van der Waals surface area contributed by atoms with Crippen molar-refractivity contribution in [2.45, 2.75) is 0 Å². The third kappa shape index (κ3) is 4.34. The van der Waals surface area contributed by atoms with Gasteiger partial charge in [-0.25, -0.2) is 8.42 Å². The van der Waals surface area contributed by atoms with Crippen LogP contribution in [0.25, 0.3) is 0 Å². The first-order valence-electron chi connectivity index (χ1n) is 10.0. The van der Waals surface area contributed by atoms with Gasteiger partial charge in [0.1, 0.15) is 0 Å². The highest BCUT2D eigenvalue weighted by molar-refractivity contribution is 7.89. The van der Waals surface area contributed by atoms with Gasteiger partial charge in [-0.05, 0) is 36.4 Å². The van der Waals surface area contributed by atoms with Crippen LogP contribution in [-0.4, -0.2) is 71.5 Å². The number of nitrogens with zero attached hydrogens (tertiary/aromatic N) is 3. The average Bonchev–Trinajstić information content (AvgIpc) is 2.77. The Balaban J connectivity index is 1.41. The van der Waals surface area contributed by atoms with E-state index in [1.807, 2.05) is 6.07 Å². The molecule has 0 aromatic heterocycles. The van der Waals surface area contributed by atoms with E-state index in [1.165, 1.54) is 18.5 Å². The van der Waals surface area contributed by atoms with Gasteiger partial charge in [0.05, 0.1) is 23.7 Å². The van der Waals surface area contributed by atoms with Crippen LogP contribution in [0, 0.1) is 0 Å². The summed E-state index contributed by atoms with van der Waals surface area (Å²) in [6, 6.07) is 16.9. The molecule has 0 spiro atoms. The first kappa shape index (κ1) is 20.0. The molecule has 1 N–H and O–H groups in total. The Labute approximate surface area is 172 Å². The highest BCUT2D eigenvalue weighted by atomic mass is 32.2. The Morgan fingerprint density at radius 2 is 1.62 bits per heavy atom. The number of anilines is 4. The van der Waals surface area contributed by atoms with Crippen molar-refractivity contribution in [2.24, 2.45) is 0 Å². The van der Waals surface area contributed by atoms with Crippen LogP contribution in [0.15, 0.2) is 48.5 Å². The lowest BCUT2D eigenvalue weighted by Crippen LogP contribution is -2.49. The summed E-state index contributed by atoms with van der Waals surface area (Å²) in [5.74, 6) is 0.0460. The zero-order chi connectivity index (χ0) is 20.3. The maximum absolute atomic E-state index is 12.3. The molecule has 0 unspecified atom stereocenters. The van der Waals surface area contributed by atoms with Gasteiger partial charge in [0.25, 0.3) is 0 Å². The van der Waals surface area contributed by atoms with Crippen LogP contribution >= 0.6 is 0 Å². The Bertz CT molecular complexity index is 925. The topological polar surface area (TPSA) is 65.1 Å². The van der Waals surface area contributed by atoms with Crippen molar-refractivity contribution in [3.8, 4) is 0 Å². The van der Waals surface area contributed by atoms with Crippen molar-refractivity contribution in [2.75, 3.05) is 73.9 Å². The summed E-state index contributed by atoms with van der Waals surface area (Å²) in [7, 11) is -1.71. The minimum atomic E-state index is -3.23. The normalized spacial score (nSPS) is 17.7. The van der Waals surface area contributed by atoms with E-state index < -0.39 is 10.0 Å². The third-order valence-corrected chi connectivity index (χ3v) is 7.38. The number of hydrogen-bond acceptors (Lipinski definition) is 6. The van der Waals surface area contributed by atoms with Crippen LogP contribution < -0.4 is 15.1 Å². The molecule has 0 radical (unpaired) electrons. The molecule has 4 rings (SSSR count). The van der Waals surface area contributed by atoms with Crippen LogP contribution in [-0.2, 0) is 14.8 Å². The molecule has 0 bridgehead atoms. The molecule has 1 saturated heterocycles. The van der Waals surface area contributed by atoms with Crippen molar-refractivity contribution >= 4 is 32.8 Å². The van der Waals surface area contributed by atoms with E-state index in [4.69, 9.17) is 4.74 Å². The zero-order valence-electron chi connectivity index (χ0n) is 16.8. The summed E-state index contributed by atoms with van der Waals surface area (Å²) in [4.78, 5) is 4.58. The molecule has 0 amide bonds. The summed E-state index contributed by atoms with van der Waals surface area (Å²) < 4.78 is 31.1. The smallest absolute Gasteiger partial charge is 0.216 e. The SMILES string of the molecule is COCCS(=O)(=O)N1CCN(c2ccc(N3CCNc4ccccc43)cc2)CC1. The number of benzene rings is 2. The van der Waals surface area contributed by atoms with Gasteiger partial charge in [-0.2, -0.15) is 4.31 Å². The summed E-state index contributed by atoms with van der Waals surface area (Å²) in [6.07, 6.45) is 0. The molecule has 2 heterocycles. The molecule has 2 aliphatic rings. The van der Waals surface area contributed by atoms with Gasteiger partial charge in [-0.1, -0.05) is 12.1 Å². The van der Waals surface area contributed by atoms with E-state index in [9.17, 15) is 8.42 Å². The molecule has 0 saturated carbocycles. The standard InChI is InChI=1S/C21H28N4O3S/c1-28-16-17-29(26,27)24-14-12-23(13-15-24)18-6-8-19(9-7-18)25-11-10-22-20-4-2-3-5-21(20)25/h2-9,22H,10-17H2,1H3. The van der Waals surface area contributed by atoms with E-state index in [1.54, 1.807) is 4.31 Å². The molecule has 29 heavy (non-hydrogen) atoms. The second-order valence-corrected chi connectivity index (χ2v) is 9.40. The number of piperazine rings is 1. The third-order valence-electron chi connectivity index (χ3n) is 5.55. The maximum Gasteiger partial charge on any atom is 0.216 e. The van der Waals surface area contributed by atoms with E-state index in [0.717, 1.165) is 24.5 Å². The second-order valence-electron chi connectivity index (χ2n) is 7.31. The van der Waals surface area contributed by atoms with E-state index in [2.05, 4.69) is 57.6 Å². The quantitative estimate of drug-likeness (QED) is 0.780. The predicted octanol–water partition coefficient (Wildman–Crippen LogP) is 2.35. The molecule has 2 aliphatic heterocycles. The molecule has 8 heteroatoms. The number of rotatable bonds is 6. The fourth-order valence-corrected chi connectivity index (χ4v) is 5.29. The van der Waals surface area contributed by atoms with Crippen molar-refractivity contribution in [1.82, 2.24) is 4.31 Å². The minimum absolute atomic E-state index is 0.0460. The number of hydrogen-bond donors (Lipinski definition) is 1. The molecule has 0 aliphatic carbocycles. The number of para-hydroxylation sites is 2. The van der Waals surface area contributed by atoms with Gasteiger partial charge in [-0.15, -0.1) is 0 Å². The van der Waals surface area contributed by atoms with Crippen LogP contribution in [0.3, 0.4) is 0 Å². The second kappa shape index (κ2) is 8.61. The van der Waals surface area contributed by atoms with Gasteiger partial charge in [-0.3, -0.25) is 0 Å². The largest absolute Gasteiger partial charge is 0.384 e. The molecular formula is C21H28N4O3S. The summed E-state index contributed by atoms with van der Waals surface area (Å²) in [6.45, 7) is 4.49. The molecule has 1 fully saturated rings. The number of ether oxygens (including phenoxy) is 1. The van der Waals surface area contributed by atoms with Crippen molar-refractivity contribution in [1.29, 1.82) is 0 Å². The summed E-state index contributed by atoms with van der Waals surface area (Å²) in [5.41, 5.74) is 4.66. The fourth-order valence-electron chi connectivity index (χ4n) is 3.94. The minimum Gasteiger partial charge on any atom is -0.384 e. The molecule has 0 atom stereocenters. The molecule has 2 aromatic rings. The Hall–Kier alpha value is -2.29. The number of fused-ring (bicyclic) bond motifs is 1. The number of methoxy groups -OCH3 is 1. The van der Waals surface area contributed by atoms with Crippen molar-refractivity contribution < 1.29 is 13.2 Å². The average molecular weight is 417 g/mol. The lowest BCUT2D eigenvalue weighted by atomic mass is 10.1. The molecule has 7 nitrogen and oxygen atoms in total. The lowest BCUT2D eigenvalue weighted by Gasteiger charge is -2.36. The van der Waals surface area contributed by atoms with Crippen LogP contribution in [0.5, 0.6) is 0 Å². The van der Waals surface area contributed by atoms with E-state index in [-0.39, 0.29) is 12.4 Å². The van der Waals surface area contributed by atoms with E-state index >= 15 is 0 Å². The van der Waals surface area contributed by atoms with E-state index in [0.29, 0.717) is 26.2 Å². The Kier molecular flexibility index (Phi) is 5.94. The number of nitrogens with one attached hydrogen (secondary N) is 1. The summed E-state index contributed by atoms with van der Waals surface area (Å²) in [5, 5.41) is 3.44. The fraction of sp³-hybridized carbons (Fsp3) is 0.429. The van der Waals surface area contributed by atoms with Crippen LogP contribution in [0.1, 0.15) is 0 Å². The lowest BCUT2D eigenvalue weighted by molar-refractivity contribution is 0.215. The highest BCUT2D eigenvalue weighted by Gasteiger charge is 2.27. The Morgan fingerprint density at radius 1 is 0.931 bits per heavy atom. The maximum atomic E-state index is 12.3. The zero-order valence-corrected chi connectivity index (χ0v) is 17.6. The Morgan fingerprint density at radius 3 is 2.34 bits per heavy atom. The van der Waals surface area contributed by atoms with Gasteiger partial charge in [0.2, 0.25) is 10.0 Å². The first-order chi connectivity index (χ1) is 14.1. The highest BCUT2D eigenvalue weighted by Crippen LogP contribution is 2.35. The van der Waals surface area contributed by atoms with Gasteiger partial charge >= 0.3 is 0 Å². The van der Waals surface area contributed by atoms with Gasteiger partial charge in [0, 0.05) is 57.8 Å². The number of sulfonamides is 1. The van der Waals surface area contributed by atoms with Crippen molar-refractivity contribution in [3.63, 3.8) is 0 Å². The first-order valence-corrected chi connectivity index (χ1v) is 11.6. The molecule has 2 aromatic carbocycles. The van der Waals surface area contributed by atoms with Gasteiger partial charge in [0.15, 0.2) is 0 Å². The van der Waals surface area contributed by atoms with Gasteiger partial charge < -0.3 is 19.9 Å². The predicted molar refractivity (Wildman–Crippen MR) is 118 cm³/mol. The monoisotopic (exact) mass is 416 g/mol. The van der Waals surface area contributed by atoms with Crippen molar-refractivity contribution in [3.05, 3.63) is 48.5 Å².